The Morgan fingerprint density at radius 2 is 1.67 bits per heavy atom. The van der Waals surface area contributed by atoms with Crippen LogP contribution in [-0.4, -0.2) is 37.3 Å². The number of amides is 2. The Balaban J connectivity index is 1.82. The highest BCUT2D eigenvalue weighted by Crippen LogP contribution is 2.60. The molecular weight excluding hydrogens is 436 g/mol. The van der Waals surface area contributed by atoms with E-state index >= 15 is 0 Å². The quantitative estimate of drug-likeness (QED) is 0.654. The SMILES string of the molecule is CCc1cc2c3c(c1)[C@@]1(SCC(=O)N1c1cc(OC)cc(OC)c1)C(=O)N3C(C)(C)C=C2C. The molecule has 0 aromatic heterocycles. The van der Waals surface area contributed by atoms with Crippen LogP contribution in [0, 0.1) is 0 Å². The number of fused-ring (bicyclic) bond motifs is 1. The monoisotopic (exact) mass is 464 g/mol. The standard InChI is InChI=1S/C26H28N2O4S/c1-7-16-8-20-15(2)13-25(3,4)28-23(20)21(9-16)26(24(28)30)27(22(29)14-33-26)17-10-18(31-5)12-19(11-17)32-6/h8-13H,7,14H2,1-6H3/t26-/m1/s1. The van der Waals surface area contributed by atoms with Crippen molar-refractivity contribution in [2.45, 2.75) is 44.5 Å². The van der Waals surface area contributed by atoms with Crippen LogP contribution in [0.4, 0.5) is 11.4 Å². The predicted molar refractivity (Wildman–Crippen MR) is 132 cm³/mol. The second kappa shape index (κ2) is 7.29. The molecule has 7 heteroatoms. The van der Waals surface area contributed by atoms with E-state index in [2.05, 4.69) is 32.1 Å². The van der Waals surface area contributed by atoms with Crippen molar-refractivity contribution in [1.29, 1.82) is 0 Å². The lowest BCUT2D eigenvalue weighted by molar-refractivity contribution is -0.124. The number of benzene rings is 2. The van der Waals surface area contributed by atoms with E-state index in [0.29, 0.717) is 17.2 Å². The molecule has 1 atom stereocenters. The van der Waals surface area contributed by atoms with E-state index in [1.807, 2.05) is 18.7 Å². The largest absolute Gasteiger partial charge is 0.497 e. The highest BCUT2D eigenvalue weighted by Gasteiger charge is 2.64. The van der Waals surface area contributed by atoms with Crippen molar-refractivity contribution < 1.29 is 19.1 Å². The summed E-state index contributed by atoms with van der Waals surface area (Å²) in [5.74, 6) is 1.16. The molecule has 172 valence electrons. The van der Waals surface area contributed by atoms with Gasteiger partial charge in [-0.15, -0.1) is 11.8 Å². The Labute approximate surface area is 198 Å². The van der Waals surface area contributed by atoms with E-state index in [1.54, 1.807) is 37.3 Å². The average Bonchev–Trinajstić information content (AvgIpc) is 3.27. The van der Waals surface area contributed by atoms with Crippen LogP contribution in [-0.2, 0) is 20.9 Å². The molecule has 3 aliphatic heterocycles. The second-order valence-electron chi connectivity index (χ2n) is 9.25. The Morgan fingerprint density at radius 3 is 2.27 bits per heavy atom. The maximum atomic E-state index is 14.4. The minimum atomic E-state index is -1.17. The first-order valence-corrected chi connectivity index (χ1v) is 12.1. The number of anilines is 2. The van der Waals surface area contributed by atoms with Crippen molar-refractivity contribution in [3.05, 3.63) is 53.1 Å². The number of carbonyl (C=O) groups is 2. The Hall–Kier alpha value is -2.93. The lowest BCUT2D eigenvalue weighted by atomic mass is 9.87. The van der Waals surface area contributed by atoms with Gasteiger partial charge in [-0.05, 0) is 50.5 Å². The van der Waals surface area contributed by atoms with E-state index in [0.717, 1.165) is 34.4 Å². The first-order chi connectivity index (χ1) is 15.7. The maximum absolute atomic E-state index is 14.4. The molecule has 3 heterocycles. The van der Waals surface area contributed by atoms with E-state index in [-0.39, 0.29) is 17.6 Å². The summed E-state index contributed by atoms with van der Waals surface area (Å²) in [4.78, 5) is 30.2. The van der Waals surface area contributed by atoms with Crippen LogP contribution in [0.2, 0.25) is 0 Å². The smallest absolute Gasteiger partial charge is 0.269 e. The van der Waals surface area contributed by atoms with Gasteiger partial charge in [0.05, 0.1) is 36.9 Å². The van der Waals surface area contributed by atoms with Crippen LogP contribution in [0.25, 0.3) is 5.57 Å². The number of thioether (sulfide) groups is 1. The number of aryl methyl sites for hydroxylation is 1. The first kappa shape index (κ1) is 21.9. The minimum absolute atomic E-state index is 0.0848. The zero-order chi connectivity index (χ0) is 23.7. The summed E-state index contributed by atoms with van der Waals surface area (Å²) < 4.78 is 10.9. The summed E-state index contributed by atoms with van der Waals surface area (Å²) in [5.41, 5.74) is 5.25. The Kier molecular flexibility index (Phi) is 4.83. The molecule has 0 aliphatic carbocycles. The molecule has 2 amide bonds. The van der Waals surface area contributed by atoms with Gasteiger partial charge in [-0.3, -0.25) is 19.4 Å². The van der Waals surface area contributed by atoms with Gasteiger partial charge in [-0.1, -0.05) is 13.0 Å². The molecular formula is C26H28N2O4S. The van der Waals surface area contributed by atoms with Gasteiger partial charge in [0.2, 0.25) is 10.8 Å². The molecule has 1 fully saturated rings. The van der Waals surface area contributed by atoms with Gasteiger partial charge in [0.1, 0.15) is 11.5 Å². The summed E-state index contributed by atoms with van der Waals surface area (Å²) in [5, 5.41) is 0. The highest BCUT2D eigenvalue weighted by molar-refractivity contribution is 8.02. The molecule has 0 N–H and O–H groups in total. The molecule has 2 aromatic rings. The molecule has 0 bridgehead atoms. The third-order valence-corrected chi connectivity index (χ3v) is 8.18. The van der Waals surface area contributed by atoms with Gasteiger partial charge >= 0.3 is 0 Å². The van der Waals surface area contributed by atoms with Gasteiger partial charge in [0, 0.05) is 29.3 Å². The molecule has 6 nitrogen and oxygen atoms in total. The van der Waals surface area contributed by atoms with Crippen molar-refractivity contribution in [2.75, 3.05) is 29.8 Å². The Morgan fingerprint density at radius 1 is 1.00 bits per heavy atom. The summed E-state index contributed by atoms with van der Waals surface area (Å²) in [7, 11) is 3.15. The molecule has 0 unspecified atom stereocenters. The average molecular weight is 465 g/mol. The second-order valence-corrected chi connectivity index (χ2v) is 10.4. The van der Waals surface area contributed by atoms with E-state index in [9.17, 15) is 9.59 Å². The topological polar surface area (TPSA) is 59.1 Å². The number of allylic oxidation sites excluding steroid dienone is 1. The van der Waals surface area contributed by atoms with Gasteiger partial charge in [-0.25, -0.2) is 0 Å². The number of methoxy groups -OCH3 is 2. The summed E-state index contributed by atoms with van der Waals surface area (Å²) >= 11 is 1.40. The van der Waals surface area contributed by atoms with Gasteiger partial charge in [0.25, 0.3) is 5.91 Å². The fraction of sp³-hybridized carbons (Fsp3) is 0.385. The van der Waals surface area contributed by atoms with Crippen molar-refractivity contribution >= 4 is 40.5 Å². The lowest BCUT2D eigenvalue weighted by Gasteiger charge is -2.40. The zero-order valence-electron chi connectivity index (χ0n) is 19.8. The lowest BCUT2D eigenvalue weighted by Crippen LogP contribution is -2.54. The van der Waals surface area contributed by atoms with Crippen LogP contribution in [0.1, 0.15) is 44.4 Å². The fourth-order valence-corrected chi connectivity index (χ4v) is 6.69. The molecule has 2 aromatic carbocycles. The van der Waals surface area contributed by atoms with Crippen molar-refractivity contribution in [3.63, 3.8) is 0 Å². The highest BCUT2D eigenvalue weighted by atomic mass is 32.2. The fourth-order valence-electron chi connectivity index (χ4n) is 5.36. The van der Waals surface area contributed by atoms with E-state index in [1.165, 1.54) is 11.8 Å². The number of nitrogens with zero attached hydrogens (tertiary/aromatic N) is 2. The summed E-state index contributed by atoms with van der Waals surface area (Å²) in [6, 6.07) is 9.64. The molecule has 1 saturated heterocycles. The van der Waals surface area contributed by atoms with Gasteiger partial charge in [0.15, 0.2) is 0 Å². The first-order valence-electron chi connectivity index (χ1n) is 11.1. The Bertz CT molecular complexity index is 1210. The van der Waals surface area contributed by atoms with E-state index in [4.69, 9.17) is 9.47 Å². The van der Waals surface area contributed by atoms with Crippen LogP contribution in [0.5, 0.6) is 11.5 Å². The van der Waals surface area contributed by atoms with Crippen molar-refractivity contribution in [3.8, 4) is 11.5 Å². The molecule has 5 rings (SSSR count). The molecule has 33 heavy (non-hydrogen) atoms. The minimum Gasteiger partial charge on any atom is -0.497 e. The van der Waals surface area contributed by atoms with Crippen molar-refractivity contribution in [1.82, 2.24) is 0 Å². The number of carbonyl (C=O) groups excluding carboxylic acids is 2. The van der Waals surface area contributed by atoms with E-state index < -0.39 is 10.4 Å². The predicted octanol–water partition coefficient (Wildman–Crippen LogP) is 4.74. The normalized spacial score (nSPS) is 22.7. The number of ether oxygens (including phenoxy) is 2. The number of hydrogen-bond acceptors (Lipinski definition) is 5. The van der Waals surface area contributed by atoms with Crippen LogP contribution in [0.15, 0.2) is 36.4 Å². The van der Waals surface area contributed by atoms with Crippen molar-refractivity contribution in [2.24, 2.45) is 0 Å². The number of hydrogen-bond donors (Lipinski definition) is 0. The summed E-state index contributed by atoms with van der Waals surface area (Å²) in [6.45, 7) is 8.31. The van der Waals surface area contributed by atoms with Crippen LogP contribution < -0.4 is 19.3 Å². The maximum Gasteiger partial charge on any atom is 0.269 e. The molecule has 3 aliphatic rings. The number of rotatable bonds is 4. The van der Waals surface area contributed by atoms with Crippen LogP contribution in [0.3, 0.4) is 0 Å². The van der Waals surface area contributed by atoms with Crippen LogP contribution >= 0.6 is 11.8 Å². The van der Waals surface area contributed by atoms with Gasteiger partial charge < -0.3 is 9.47 Å². The molecule has 0 saturated carbocycles. The molecule has 0 radical (unpaired) electrons. The third-order valence-electron chi connectivity index (χ3n) is 6.79. The summed E-state index contributed by atoms with van der Waals surface area (Å²) in [6.07, 6.45) is 2.99. The molecule has 1 spiro atoms. The zero-order valence-corrected chi connectivity index (χ0v) is 20.6. The third kappa shape index (κ3) is 2.88. The van der Waals surface area contributed by atoms with Gasteiger partial charge in [-0.2, -0.15) is 0 Å².